The maximum absolute atomic E-state index is 12.0. The Bertz CT molecular complexity index is 6690. The molecule has 5 heterocycles. The smallest absolute Gasteiger partial charge is 0.270 e. The largest absolute Gasteiger partial charge is 0.399 e. The Hall–Kier alpha value is -14.6. The Morgan fingerprint density at radius 3 is 1.01 bits per heavy atom. The standard InChI is InChI=1S/C17H17N3O2.C15H12N2O2.C13H8N2O3.C13H10N2O.C13H9NO.C13H8O.C3H6O/c1-20(2)10-16(21)18-11-7-8-15-14(9-11)12-5-3-4-6-13(12)17(22)19-15;1-9(18)16-10-6-7-14-13(8-10)11-4-2-3-5-12(11)15(19)17-14;16-13-10-4-2-1-3-9(10)11-7-8(15(17)18)5-6-12(11)14-13;14-8-5-6-12-11(7-8)9-3-1-2-4-10(9)13(16)15-12;15-13-11-7-2-1-5-9(11)10-6-3-4-8-12(10)14-13;14-13-11-7-3-1-5-9(11)10-6-2-4-8-12(10)13;1-3(2)4/h3-9H,10H2,1-2H3,(H,18,21)(H,19,22);2-8H,1H3,(H,16,18)(H,17,19);1-7H,(H,14,16);1-7H,14H2,(H,15,16);1-8H,(H,14,15);1-8H;1-2H3. The van der Waals surface area contributed by atoms with Crippen LogP contribution in [0.25, 0.3) is 120 Å². The van der Waals surface area contributed by atoms with E-state index in [2.05, 4.69) is 35.6 Å². The molecule has 108 heavy (non-hydrogen) atoms. The van der Waals surface area contributed by atoms with E-state index in [4.69, 9.17) is 5.73 Å². The highest BCUT2D eigenvalue weighted by molar-refractivity contribution is 6.21. The summed E-state index contributed by atoms with van der Waals surface area (Å²) in [6.07, 6.45) is 0. The van der Waals surface area contributed by atoms with Crippen LogP contribution in [0, 0.1) is 10.1 Å². The van der Waals surface area contributed by atoms with Crippen LogP contribution in [0.3, 0.4) is 0 Å². The third-order valence-electron chi connectivity index (χ3n) is 17.5. The number of pyridine rings is 5. The van der Waals surface area contributed by atoms with Crippen molar-refractivity contribution in [2.75, 3.05) is 37.0 Å². The van der Waals surface area contributed by atoms with Gasteiger partial charge >= 0.3 is 0 Å². The summed E-state index contributed by atoms with van der Waals surface area (Å²) in [5, 5.41) is 28.7. The fourth-order valence-corrected chi connectivity index (χ4v) is 12.8. The van der Waals surface area contributed by atoms with Gasteiger partial charge in [0, 0.05) is 129 Å². The van der Waals surface area contributed by atoms with Crippen LogP contribution in [-0.2, 0) is 14.4 Å². The number of rotatable bonds is 5. The Balaban J connectivity index is 0.000000120. The number of hydrogen-bond acceptors (Lipinski definition) is 13. The van der Waals surface area contributed by atoms with Gasteiger partial charge in [0.15, 0.2) is 5.78 Å². The summed E-state index contributed by atoms with van der Waals surface area (Å²) in [6, 6.07) is 81.3. The second-order valence-corrected chi connectivity index (χ2v) is 25.7. The molecule has 1 aliphatic rings. The Labute approximate surface area is 614 Å². The first-order valence-corrected chi connectivity index (χ1v) is 34.1. The Morgan fingerprint density at radius 2 is 0.639 bits per heavy atom. The number of nitrogen functional groups attached to an aromatic ring is 1. The molecule has 0 unspecified atom stereocenters. The molecular formula is C87H70N10O11. The molecule has 0 aliphatic heterocycles. The van der Waals surface area contributed by atoms with Gasteiger partial charge in [-0.05, 0) is 163 Å². The minimum absolute atomic E-state index is 0.0136. The molecule has 534 valence electrons. The maximum Gasteiger partial charge on any atom is 0.270 e. The van der Waals surface area contributed by atoms with Crippen molar-refractivity contribution in [2.24, 2.45) is 0 Å². The van der Waals surface area contributed by atoms with Gasteiger partial charge in [-0.2, -0.15) is 0 Å². The summed E-state index contributed by atoms with van der Waals surface area (Å²) in [4.78, 5) is 130. The number of carbonyl (C=O) groups excluding carboxylic acids is 4. The van der Waals surface area contributed by atoms with E-state index in [0.29, 0.717) is 44.7 Å². The number of likely N-dealkylation sites (N-methyl/N-ethyl adjacent to an activating group) is 1. The van der Waals surface area contributed by atoms with Gasteiger partial charge in [0.05, 0.1) is 11.5 Å². The molecule has 0 saturated carbocycles. The number of amides is 2. The van der Waals surface area contributed by atoms with Gasteiger partial charge < -0.3 is 51.0 Å². The highest BCUT2D eigenvalue weighted by Gasteiger charge is 2.25. The molecule has 0 saturated heterocycles. The van der Waals surface area contributed by atoms with Crippen molar-refractivity contribution >= 4 is 155 Å². The van der Waals surface area contributed by atoms with E-state index in [1.165, 1.54) is 32.9 Å². The van der Waals surface area contributed by atoms with Crippen LogP contribution in [0.1, 0.15) is 36.7 Å². The zero-order valence-corrected chi connectivity index (χ0v) is 59.1. The number of fused-ring (bicyclic) bond motifs is 18. The van der Waals surface area contributed by atoms with Gasteiger partial charge in [0.25, 0.3) is 33.5 Å². The van der Waals surface area contributed by atoms with E-state index in [-0.39, 0.29) is 56.9 Å². The van der Waals surface area contributed by atoms with Crippen molar-refractivity contribution in [2.45, 2.75) is 20.8 Å². The van der Waals surface area contributed by atoms with Crippen molar-refractivity contribution in [3.8, 4) is 11.1 Å². The quantitative estimate of drug-likeness (QED) is 0.0344. The maximum atomic E-state index is 12.0. The van der Waals surface area contributed by atoms with Crippen LogP contribution in [0.5, 0.6) is 0 Å². The normalized spacial score (nSPS) is 11.0. The lowest BCUT2D eigenvalue weighted by Crippen LogP contribution is -2.27. The van der Waals surface area contributed by atoms with Crippen molar-refractivity contribution in [1.82, 2.24) is 29.8 Å². The van der Waals surface area contributed by atoms with Crippen LogP contribution < -0.4 is 44.2 Å². The van der Waals surface area contributed by atoms with Gasteiger partial charge in [-0.3, -0.25) is 48.5 Å². The molecule has 17 aromatic rings. The van der Waals surface area contributed by atoms with Gasteiger partial charge in [-0.15, -0.1) is 0 Å². The number of nitrogens with zero attached hydrogens (tertiary/aromatic N) is 2. The fraction of sp³-hybridized carbons (Fsp3) is 0.0690. The molecular weight excluding hydrogens is 1360 g/mol. The van der Waals surface area contributed by atoms with Crippen LogP contribution in [0.15, 0.2) is 291 Å². The SMILES string of the molecule is CC(=O)Nc1ccc2[nH]c(=O)c3ccccc3c2c1.CC(C)=O.CN(C)CC(=O)Nc1ccc2[nH]c(=O)c3ccccc3c2c1.Nc1ccc2[nH]c(=O)c3ccccc3c2c1.O=C1c2ccccc2-c2ccccc21.O=c1[nH]c2ccc([N+](=O)[O-])cc2c2ccccc12.O=c1[nH]c2ccccc2c2ccccc12. The van der Waals surface area contributed by atoms with Crippen molar-refractivity contribution < 1.29 is 24.1 Å². The lowest BCUT2D eigenvalue weighted by molar-refractivity contribution is -0.384. The molecule has 18 rings (SSSR count). The molecule has 5 aromatic heterocycles. The third kappa shape index (κ3) is 16.4. The first kappa shape index (κ1) is 73.2. The lowest BCUT2D eigenvalue weighted by Gasteiger charge is -2.11. The van der Waals surface area contributed by atoms with Gasteiger partial charge in [0.1, 0.15) is 5.78 Å². The number of aromatic nitrogens is 5. The number of para-hydroxylation sites is 1. The number of aromatic amines is 5. The molecule has 0 radical (unpaired) electrons. The summed E-state index contributed by atoms with van der Waals surface area (Å²) in [5.41, 5.74) is 15.0. The summed E-state index contributed by atoms with van der Waals surface area (Å²) >= 11 is 0. The topological polar surface area (TPSA) is 329 Å². The molecule has 0 atom stereocenters. The number of ketones is 2. The molecule has 0 bridgehead atoms. The number of nitro groups is 1. The highest BCUT2D eigenvalue weighted by atomic mass is 16.6. The summed E-state index contributed by atoms with van der Waals surface area (Å²) in [5.74, 6) is 0.127. The molecule has 21 nitrogen and oxygen atoms in total. The number of anilines is 3. The van der Waals surface area contributed by atoms with E-state index in [0.717, 1.165) is 110 Å². The second-order valence-electron chi connectivity index (χ2n) is 25.7. The average Bonchev–Trinajstić information content (AvgIpc) is 1.10. The number of hydrogen-bond donors (Lipinski definition) is 8. The number of H-pyrrole nitrogens is 5. The summed E-state index contributed by atoms with van der Waals surface area (Å²) in [6.45, 7) is 4.85. The van der Waals surface area contributed by atoms with Gasteiger partial charge in [0.2, 0.25) is 11.8 Å². The van der Waals surface area contributed by atoms with Gasteiger partial charge in [-0.1, -0.05) is 158 Å². The number of Topliss-reactive ketones (excluding diaryl/α,β-unsaturated/α-hetero) is 1. The van der Waals surface area contributed by atoms with Crippen LogP contribution >= 0.6 is 0 Å². The average molecular weight is 1430 g/mol. The Kier molecular flexibility index (Phi) is 22.0. The first-order chi connectivity index (χ1) is 52.1. The molecule has 9 N–H and O–H groups in total. The number of benzene rings is 12. The van der Waals surface area contributed by atoms with Crippen LogP contribution in [0.4, 0.5) is 22.7 Å². The van der Waals surface area contributed by atoms with E-state index in [1.807, 2.05) is 207 Å². The van der Waals surface area contributed by atoms with E-state index in [1.54, 1.807) is 66.7 Å². The summed E-state index contributed by atoms with van der Waals surface area (Å²) < 4.78 is 0. The molecule has 21 heteroatoms. The van der Waals surface area contributed by atoms with E-state index in [9.17, 15) is 53.3 Å². The summed E-state index contributed by atoms with van der Waals surface area (Å²) in [7, 11) is 3.69. The predicted molar refractivity (Wildman–Crippen MR) is 435 cm³/mol. The van der Waals surface area contributed by atoms with Crippen molar-refractivity contribution in [1.29, 1.82) is 0 Å². The minimum atomic E-state index is -0.445. The molecule has 1 aliphatic carbocycles. The number of nitro benzene ring substituents is 1. The van der Waals surface area contributed by atoms with Crippen LogP contribution in [-0.4, -0.2) is 78.8 Å². The molecule has 0 fully saturated rings. The van der Waals surface area contributed by atoms with Crippen molar-refractivity contribution in [3.63, 3.8) is 0 Å². The highest BCUT2D eigenvalue weighted by Crippen LogP contribution is 2.36. The third-order valence-corrected chi connectivity index (χ3v) is 17.5. The van der Waals surface area contributed by atoms with E-state index < -0.39 is 4.92 Å². The number of non-ortho nitro benzene ring substituents is 1. The fourth-order valence-electron chi connectivity index (χ4n) is 12.8. The lowest BCUT2D eigenvalue weighted by atomic mass is 10.1. The van der Waals surface area contributed by atoms with Gasteiger partial charge in [-0.25, -0.2) is 0 Å². The predicted octanol–water partition coefficient (Wildman–Crippen LogP) is 15.8. The first-order valence-electron chi connectivity index (χ1n) is 34.1. The monoisotopic (exact) mass is 1430 g/mol. The van der Waals surface area contributed by atoms with Crippen molar-refractivity contribution in [3.05, 3.63) is 340 Å². The number of nitrogens with one attached hydrogen (secondary N) is 7. The molecule has 0 spiro atoms. The van der Waals surface area contributed by atoms with Crippen LogP contribution in [0.2, 0.25) is 0 Å². The number of nitrogens with two attached hydrogens (primary N) is 1. The zero-order valence-electron chi connectivity index (χ0n) is 59.1. The molecule has 12 aromatic carbocycles. The van der Waals surface area contributed by atoms with E-state index >= 15 is 0 Å². The zero-order chi connectivity index (χ0) is 76.3. The second kappa shape index (κ2) is 32.4. The minimum Gasteiger partial charge on any atom is -0.399 e. The molecule has 2 amide bonds. The number of carbonyl (C=O) groups is 4. The Morgan fingerprint density at radius 1 is 0.352 bits per heavy atom.